The lowest BCUT2D eigenvalue weighted by Gasteiger charge is -2.24. The van der Waals surface area contributed by atoms with Crippen LogP contribution in [0.15, 0.2) is 42.5 Å². The molecule has 6 nitrogen and oxygen atoms in total. The van der Waals surface area contributed by atoms with E-state index in [-0.39, 0.29) is 6.54 Å². The summed E-state index contributed by atoms with van der Waals surface area (Å²) in [6.07, 6.45) is 1.10. The average Bonchev–Trinajstić information content (AvgIpc) is 2.53. The third-order valence-electron chi connectivity index (χ3n) is 3.83. The molecule has 0 atom stereocenters. The van der Waals surface area contributed by atoms with Gasteiger partial charge in [0.15, 0.2) is 0 Å². The monoisotopic (exact) mass is 376 g/mol. The van der Waals surface area contributed by atoms with E-state index < -0.39 is 15.9 Å². The van der Waals surface area contributed by atoms with Crippen molar-refractivity contribution in [2.75, 3.05) is 29.5 Å². The minimum absolute atomic E-state index is 0.294. The molecule has 0 heterocycles. The predicted molar refractivity (Wildman–Crippen MR) is 104 cm³/mol. The summed E-state index contributed by atoms with van der Waals surface area (Å²) in [5.41, 5.74) is 3.84. The van der Waals surface area contributed by atoms with Crippen LogP contribution in [0.25, 0.3) is 0 Å². The molecule has 2 rings (SSSR count). The maximum atomic E-state index is 12.4. The Morgan fingerprint density at radius 3 is 2.50 bits per heavy atom. The normalized spacial score (nSPS) is 11.2. The van der Waals surface area contributed by atoms with Crippen LogP contribution in [0.5, 0.6) is 0 Å². The number of anilines is 2. The van der Waals surface area contributed by atoms with Gasteiger partial charge in [-0.1, -0.05) is 29.8 Å². The van der Waals surface area contributed by atoms with E-state index in [4.69, 9.17) is 4.74 Å². The summed E-state index contributed by atoms with van der Waals surface area (Å²) in [7, 11) is -2.01. The molecule has 0 bridgehead atoms. The van der Waals surface area contributed by atoms with Gasteiger partial charge in [0.05, 0.1) is 18.6 Å². The summed E-state index contributed by atoms with van der Waals surface area (Å²) in [4.78, 5) is 12.4. The van der Waals surface area contributed by atoms with Gasteiger partial charge in [0.25, 0.3) is 0 Å². The predicted octanol–water partition coefficient (Wildman–Crippen LogP) is 2.85. The van der Waals surface area contributed by atoms with Gasteiger partial charge >= 0.3 is 0 Å². The van der Waals surface area contributed by atoms with Crippen molar-refractivity contribution >= 4 is 27.3 Å². The van der Waals surface area contributed by atoms with Crippen molar-refractivity contribution in [1.82, 2.24) is 0 Å². The minimum atomic E-state index is -3.60. The summed E-state index contributed by atoms with van der Waals surface area (Å²) in [6.45, 7) is 3.90. The highest BCUT2D eigenvalue weighted by atomic mass is 32.2. The van der Waals surface area contributed by atoms with Crippen molar-refractivity contribution < 1.29 is 17.9 Å². The topological polar surface area (TPSA) is 75.7 Å². The molecule has 0 aliphatic heterocycles. The first-order valence-corrected chi connectivity index (χ1v) is 9.98. The number of nitrogens with one attached hydrogen (secondary N) is 1. The number of sulfonamides is 1. The number of carbonyl (C=O) groups excluding carboxylic acids is 1. The van der Waals surface area contributed by atoms with Crippen LogP contribution in [0.3, 0.4) is 0 Å². The summed E-state index contributed by atoms with van der Waals surface area (Å²) in [5, 5.41) is 2.74. The second-order valence-corrected chi connectivity index (χ2v) is 8.15. The second kappa shape index (κ2) is 8.33. The van der Waals surface area contributed by atoms with Crippen LogP contribution < -0.4 is 9.62 Å². The van der Waals surface area contributed by atoms with Crippen LogP contribution in [0, 0.1) is 13.8 Å². The Morgan fingerprint density at radius 1 is 1.15 bits per heavy atom. The molecule has 0 aliphatic rings. The van der Waals surface area contributed by atoms with Crippen molar-refractivity contribution in [3.8, 4) is 0 Å². The van der Waals surface area contributed by atoms with Crippen molar-refractivity contribution in [2.24, 2.45) is 0 Å². The first kappa shape index (κ1) is 19.9. The standard InChI is InChI=1S/C19H24N2O4S/c1-14-8-9-18(15(2)10-14)21(26(4,23)24)12-19(22)20-17-7-5-6-16(11-17)13-25-3/h5-11H,12-13H2,1-4H3,(H,20,22). The van der Waals surface area contributed by atoms with Gasteiger partial charge in [0.1, 0.15) is 6.54 Å². The van der Waals surface area contributed by atoms with Crippen molar-refractivity contribution in [3.05, 3.63) is 59.2 Å². The van der Waals surface area contributed by atoms with Gasteiger partial charge in [0.2, 0.25) is 15.9 Å². The summed E-state index contributed by atoms with van der Waals surface area (Å²) < 4.78 is 30.6. The molecule has 2 aromatic carbocycles. The fraction of sp³-hybridized carbons (Fsp3) is 0.316. The van der Waals surface area contributed by atoms with Gasteiger partial charge in [0, 0.05) is 12.8 Å². The van der Waals surface area contributed by atoms with E-state index in [1.165, 1.54) is 0 Å². The van der Waals surface area contributed by atoms with E-state index in [2.05, 4.69) is 5.32 Å². The maximum absolute atomic E-state index is 12.4. The molecular formula is C19H24N2O4S. The molecular weight excluding hydrogens is 352 g/mol. The van der Waals surface area contributed by atoms with Gasteiger partial charge in [-0.05, 0) is 43.2 Å². The van der Waals surface area contributed by atoms with Crippen LogP contribution in [0.1, 0.15) is 16.7 Å². The lowest BCUT2D eigenvalue weighted by molar-refractivity contribution is -0.114. The fourth-order valence-corrected chi connectivity index (χ4v) is 3.62. The molecule has 2 aromatic rings. The van der Waals surface area contributed by atoms with Crippen molar-refractivity contribution in [1.29, 1.82) is 0 Å². The molecule has 0 spiro atoms. The van der Waals surface area contributed by atoms with Crippen LogP contribution in [-0.2, 0) is 26.2 Å². The van der Waals surface area contributed by atoms with Crippen molar-refractivity contribution in [3.63, 3.8) is 0 Å². The van der Waals surface area contributed by atoms with E-state index in [0.717, 1.165) is 27.3 Å². The molecule has 0 fully saturated rings. The van der Waals surface area contributed by atoms with E-state index in [9.17, 15) is 13.2 Å². The number of hydrogen-bond acceptors (Lipinski definition) is 4. The number of ether oxygens (including phenoxy) is 1. The Balaban J connectivity index is 2.21. The molecule has 1 N–H and O–H groups in total. The number of carbonyl (C=O) groups is 1. The van der Waals surface area contributed by atoms with Crippen LogP contribution >= 0.6 is 0 Å². The summed E-state index contributed by atoms with van der Waals surface area (Å²) >= 11 is 0. The molecule has 1 amide bonds. The minimum Gasteiger partial charge on any atom is -0.380 e. The zero-order valence-electron chi connectivity index (χ0n) is 15.4. The number of aryl methyl sites for hydroxylation is 2. The molecule has 0 radical (unpaired) electrons. The molecule has 0 unspecified atom stereocenters. The Hall–Kier alpha value is -2.38. The van der Waals surface area contributed by atoms with E-state index >= 15 is 0 Å². The Bertz CT molecular complexity index is 894. The summed E-state index contributed by atoms with van der Waals surface area (Å²) in [5.74, 6) is -0.412. The summed E-state index contributed by atoms with van der Waals surface area (Å²) in [6, 6.07) is 12.7. The first-order chi connectivity index (χ1) is 12.2. The Kier molecular flexibility index (Phi) is 6.39. The first-order valence-electron chi connectivity index (χ1n) is 8.13. The van der Waals surface area contributed by atoms with Crippen molar-refractivity contribution in [2.45, 2.75) is 20.5 Å². The fourth-order valence-electron chi connectivity index (χ4n) is 2.70. The largest absolute Gasteiger partial charge is 0.380 e. The highest BCUT2D eigenvalue weighted by Gasteiger charge is 2.22. The van der Waals surface area contributed by atoms with Gasteiger partial charge in [-0.15, -0.1) is 0 Å². The van der Waals surface area contributed by atoms with Crippen LogP contribution in [0.4, 0.5) is 11.4 Å². The third kappa shape index (κ3) is 5.31. The molecule has 0 saturated heterocycles. The lowest BCUT2D eigenvalue weighted by Crippen LogP contribution is -2.37. The number of rotatable bonds is 7. The molecule has 7 heteroatoms. The van der Waals surface area contributed by atoms with E-state index in [0.29, 0.717) is 18.0 Å². The molecule has 140 valence electrons. The maximum Gasteiger partial charge on any atom is 0.245 e. The SMILES string of the molecule is COCc1cccc(NC(=O)CN(c2ccc(C)cc2C)S(C)(=O)=O)c1. The van der Waals surface area contributed by atoms with Gasteiger partial charge in [-0.25, -0.2) is 8.42 Å². The Labute approximate surface area is 154 Å². The highest BCUT2D eigenvalue weighted by molar-refractivity contribution is 7.92. The zero-order chi connectivity index (χ0) is 19.3. The lowest BCUT2D eigenvalue weighted by atomic mass is 10.1. The molecule has 0 aliphatic carbocycles. The smallest absolute Gasteiger partial charge is 0.245 e. The van der Waals surface area contributed by atoms with Gasteiger partial charge < -0.3 is 10.1 Å². The molecule has 0 saturated carbocycles. The Morgan fingerprint density at radius 2 is 1.88 bits per heavy atom. The van der Waals surface area contributed by atoms with Crippen LogP contribution in [0.2, 0.25) is 0 Å². The van der Waals surface area contributed by atoms with E-state index in [1.54, 1.807) is 25.3 Å². The van der Waals surface area contributed by atoms with Crippen LogP contribution in [-0.4, -0.2) is 34.2 Å². The van der Waals surface area contributed by atoms with E-state index in [1.807, 2.05) is 38.1 Å². The number of hydrogen-bond donors (Lipinski definition) is 1. The quantitative estimate of drug-likeness (QED) is 0.806. The van der Waals surface area contributed by atoms with Gasteiger partial charge in [-0.3, -0.25) is 9.10 Å². The number of benzene rings is 2. The second-order valence-electron chi connectivity index (χ2n) is 6.24. The molecule has 0 aromatic heterocycles. The highest BCUT2D eigenvalue weighted by Crippen LogP contribution is 2.23. The number of methoxy groups -OCH3 is 1. The number of nitrogens with zero attached hydrogens (tertiary/aromatic N) is 1. The zero-order valence-corrected chi connectivity index (χ0v) is 16.3. The molecule has 26 heavy (non-hydrogen) atoms. The average molecular weight is 376 g/mol. The third-order valence-corrected chi connectivity index (χ3v) is 4.96. The number of amides is 1. The van der Waals surface area contributed by atoms with Gasteiger partial charge in [-0.2, -0.15) is 0 Å².